The van der Waals surface area contributed by atoms with Gasteiger partial charge in [0.1, 0.15) is 11.5 Å². The van der Waals surface area contributed by atoms with Crippen LogP contribution in [0.15, 0.2) is 60.7 Å². The van der Waals surface area contributed by atoms with Crippen molar-refractivity contribution >= 4 is 34.7 Å². The summed E-state index contributed by atoms with van der Waals surface area (Å²) >= 11 is 6.23. The van der Waals surface area contributed by atoms with Crippen molar-refractivity contribution in [3.63, 3.8) is 0 Å². The first-order valence-corrected chi connectivity index (χ1v) is 7.74. The van der Waals surface area contributed by atoms with Crippen molar-refractivity contribution in [2.24, 2.45) is 0 Å². The van der Waals surface area contributed by atoms with E-state index in [1.165, 1.54) is 0 Å². The minimum Gasteiger partial charge on any atom is -0.338 e. The van der Waals surface area contributed by atoms with Crippen molar-refractivity contribution in [2.45, 2.75) is 6.92 Å². The average molecular weight is 339 g/mol. The Labute approximate surface area is 144 Å². The van der Waals surface area contributed by atoms with Gasteiger partial charge in [-0.05, 0) is 31.2 Å². The number of para-hydroxylation sites is 1. The van der Waals surface area contributed by atoms with Gasteiger partial charge in [-0.3, -0.25) is 4.79 Å². The Balaban J connectivity index is 1.93. The summed E-state index contributed by atoms with van der Waals surface area (Å²) in [5.74, 6) is 0.681. The normalized spacial score (nSPS) is 10.2. The fourth-order valence-electron chi connectivity index (χ4n) is 2.17. The summed E-state index contributed by atoms with van der Waals surface area (Å²) in [6.07, 6.45) is 0. The SMILES string of the molecule is Cc1nc(Cl)c(NC(=O)c2ccccc2)c(Nc2ccccc2)n1. The van der Waals surface area contributed by atoms with E-state index in [2.05, 4.69) is 20.6 Å². The molecule has 0 saturated heterocycles. The molecule has 2 N–H and O–H groups in total. The molecule has 0 fully saturated rings. The molecule has 1 amide bonds. The molecule has 0 aliphatic carbocycles. The van der Waals surface area contributed by atoms with E-state index in [1.807, 2.05) is 36.4 Å². The Morgan fingerprint density at radius 2 is 1.58 bits per heavy atom. The molecule has 0 spiro atoms. The van der Waals surface area contributed by atoms with Crippen molar-refractivity contribution in [1.82, 2.24) is 9.97 Å². The Hall–Kier alpha value is -2.92. The predicted molar refractivity (Wildman–Crippen MR) is 95.9 cm³/mol. The molecular formula is C18H15ClN4O. The number of benzene rings is 2. The van der Waals surface area contributed by atoms with Crippen molar-refractivity contribution in [3.8, 4) is 0 Å². The van der Waals surface area contributed by atoms with Crippen LogP contribution in [0.1, 0.15) is 16.2 Å². The van der Waals surface area contributed by atoms with E-state index in [0.29, 0.717) is 22.9 Å². The third-order valence-corrected chi connectivity index (χ3v) is 3.56. The monoisotopic (exact) mass is 338 g/mol. The van der Waals surface area contributed by atoms with Crippen molar-refractivity contribution in [3.05, 3.63) is 77.2 Å². The molecule has 24 heavy (non-hydrogen) atoms. The van der Waals surface area contributed by atoms with E-state index in [4.69, 9.17) is 11.6 Å². The van der Waals surface area contributed by atoms with Gasteiger partial charge >= 0.3 is 0 Å². The molecule has 0 bridgehead atoms. The summed E-state index contributed by atoms with van der Waals surface area (Å²) in [7, 11) is 0. The topological polar surface area (TPSA) is 66.9 Å². The number of hydrogen-bond acceptors (Lipinski definition) is 4. The third kappa shape index (κ3) is 3.70. The number of aryl methyl sites for hydroxylation is 1. The van der Waals surface area contributed by atoms with Gasteiger partial charge in [0.05, 0.1) is 0 Å². The van der Waals surface area contributed by atoms with E-state index >= 15 is 0 Å². The van der Waals surface area contributed by atoms with Gasteiger partial charge in [0.15, 0.2) is 11.0 Å². The number of amides is 1. The Morgan fingerprint density at radius 1 is 0.958 bits per heavy atom. The van der Waals surface area contributed by atoms with E-state index in [9.17, 15) is 4.79 Å². The standard InChI is InChI=1S/C18H15ClN4O/c1-12-20-16(19)15(23-18(24)13-8-4-2-5-9-13)17(21-12)22-14-10-6-3-7-11-14/h2-11H,1H3,(H,23,24)(H,20,21,22). The van der Waals surface area contributed by atoms with Crippen LogP contribution < -0.4 is 10.6 Å². The lowest BCUT2D eigenvalue weighted by molar-refractivity contribution is 0.102. The quantitative estimate of drug-likeness (QED) is 0.690. The van der Waals surface area contributed by atoms with Gasteiger partial charge in [-0.2, -0.15) is 0 Å². The smallest absolute Gasteiger partial charge is 0.255 e. The molecule has 120 valence electrons. The number of nitrogens with zero attached hydrogens (tertiary/aromatic N) is 2. The number of anilines is 3. The van der Waals surface area contributed by atoms with E-state index in [-0.39, 0.29) is 11.1 Å². The molecule has 0 saturated carbocycles. The Bertz CT molecular complexity index is 854. The van der Waals surface area contributed by atoms with Crippen LogP contribution in [0.3, 0.4) is 0 Å². The molecule has 0 atom stereocenters. The summed E-state index contributed by atoms with van der Waals surface area (Å²) in [4.78, 5) is 20.9. The number of carbonyl (C=O) groups is 1. The summed E-state index contributed by atoms with van der Waals surface area (Å²) < 4.78 is 0. The lowest BCUT2D eigenvalue weighted by Crippen LogP contribution is -2.15. The van der Waals surface area contributed by atoms with Gasteiger partial charge in [0, 0.05) is 11.3 Å². The minimum atomic E-state index is -0.277. The first-order chi connectivity index (χ1) is 11.6. The molecule has 1 heterocycles. The maximum Gasteiger partial charge on any atom is 0.255 e. The second-order valence-corrected chi connectivity index (χ2v) is 5.45. The van der Waals surface area contributed by atoms with Crippen LogP contribution in [0.25, 0.3) is 0 Å². The van der Waals surface area contributed by atoms with Crippen LogP contribution in [-0.2, 0) is 0 Å². The molecule has 5 nitrogen and oxygen atoms in total. The zero-order chi connectivity index (χ0) is 16.9. The molecule has 0 radical (unpaired) electrons. The van der Waals surface area contributed by atoms with Crippen LogP contribution in [0, 0.1) is 6.92 Å². The number of rotatable bonds is 4. The molecule has 6 heteroatoms. The first kappa shape index (κ1) is 16.0. The first-order valence-electron chi connectivity index (χ1n) is 7.36. The molecule has 1 aromatic heterocycles. The third-order valence-electron chi connectivity index (χ3n) is 3.29. The Morgan fingerprint density at radius 3 is 2.25 bits per heavy atom. The molecule has 0 aliphatic rings. The average Bonchev–Trinajstić information content (AvgIpc) is 2.59. The van der Waals surface area contributed by atoms with Crippen LogP contribution in [0.2, 0.25) is 5.15 Å². The van der Waals surface area contributed by atoms with Crippen LogP contribution in [-0.4, -0.2) is 15.9 Å². The van der Waals surface area contributed by atoms with Crippen molar-refractivity contribution < 1.29 is 4.79 Å². The number of nitrogens with one attached hydrogen (secondary N) is 2. The highest BCUT2D eigenvalue weighted by atomic mass is 35.5. The molecule has 0 unspecified atom stereocenters. The second kappa shape index (κ2) is 7.10. The zero-order valence-corrected chi connectivity index (χ0v) is 13.7. The zero-order valence-electron chi connectivity index (χ0n) is 13.0. The van der Waals surface area contributed by atoms with Crippen LogP contribution >= 0.6 is 11.6 Å². The maximum absolute atomic E-state index is 12.4. The number of halogens is 1. The highest BCUT2D eigenvalue weighted by molar-refractivity contribution is 6.33. The van der Waals surface area contributed by atoms with E-state index in [1.54, 1.807) is 31.2 Å². The molecule has 2 aromatic carbocycles. The van der Waals surface area contributed by atoms with Crippen molar-refractivity contribution in [1.29, 1.82) is 0 Å². The summed E-state index contributed by atoms with van der Waals surface area (Å²) in [5.41, 5.74) is 1.71. The fourth-order valence-corrected chi connectivity index (χ4v) is 2.43. The molecule has 0 aliphatic heterocycles. The lowest BCUT2D eigenvalue weighted by Gasteiger charge is -2.14. The largest absolute Gasteiger partial charge is 0.338 e. The van der Waals surface area contributed by atoms with Gasteiger partial charge in [0.25, 0.3) is 5.91 Å². The molecule has 3 rings (SSSR count). The van der Waals surface area contributed by atoms with Gasteiger partial charge in [-0.1, -0.05) is 48.0 Å². The summed E-state index contributed by atoms with van der Waals surface area (Å²) in [5, 5.41) is 6.13. The highest BCUT2D eigenvalue weighted by Gasteiger charge is 2.16. The van der Waals surface area contributed by atoms with Crippen LogP contribution in [0.5, 0.6) is 0 Å². The van der Waals surface area contributed by atoms with Gasteiger partial charge in [-0.25, -0.2) is 9.97 Å². The van der Waals surface area contributed by atoms with Crippen molar-refractivity contribution in [2.75, 3.05) is 10.6 Å². The lowest BCUT2D eigenvalue weighted by atomic mass is 10.2. The maximum atomic E-state index is 12.4. The highest BCUT2D eigenvalue weighted by Crippen LogP contribution is 2.30. The predicted octanol–water partition coefficient (Wildman–Crippen LogP) is 4.43. The fraction of sp³-hybridized carbons (Fsp3) is 0.0556. The Kier molecular flexibility index (Phi) is 4.72. The minimum absolute atomic E-state index is 0.185. The van der Waals surface area contributed by atoms with E-state index in [0.717, 1.165) is 5.69 Å². The van der Waals surface area contributed by atoms with E-state index < -0.39 is 0 Å². The van der Waals surface area contributed by atoms with Gasteiger partial charge in [0.2, 0.25) is 0 Å². The number of carbonyl (C=O) groups excluding carboxylic acids is 1. The number of hydrogen-bond donors (Lipinski definition) is 2. The number of aromatic nitrogens is 2. The van der Waals surface area contributed by atoms with Gasteiger partial charge in [-0.15, -0.1) is 0 Å². The molecular weight excluding hydrogens is 324 g/mol. The summed E-state index contributed by atoms with van der Waals surface area (Å²) in [6, 6.07) is 18.4. The molecule has 3 aromatic rings. The van der Waals surface area contributed by atoms with Gasteiger partial charge < -0.3 is 10.6 Å². The van der Waals surface area contributed by atoms with Crippen LogP contribution in [0.4, 0.5) is 17.2 Å². The summed E-state index contributed by atoms with van der Waals surface area (Å²) in [6.45, 7) is 1.74. The second-order valence-electron chi connectivity index (χ2n) is 5.10.